The highest BCUT2D eigenvalue weighted by molar-refractivity contribution is 5.90. The van der Waals surface area contributed by atoms with Crippen LogP contribution in [0.25, 0.3) is 11.0 Å². The lowest BCUT2D eigenvalue weighted by atomic mass is 9.87. The van der Waals surface area contributed by atoms with Gasteiger partial charge >= 0.3 is 29.6 Å². The summed E-state index contributed by atoms with van der Waals surface area (Å²) >= 11 is 0. The van der Waals surface area contributed by atoms with Gasteiger partial charge in [-0.3, -0.25) is 4.79 Å². The molecule has 186 valence electrons. The van der Waals surface area contributed by atoms with Gasteiger partial charge in [0.1, 0.15) is 11.4 Å². The number of ketones is 1. The average Bonchev–Trinajstić information content (AvgIpc) is 2.77. The largest absolute Gasteiger partial charge is 0.460 e. The summed E-state index contributed by atoms with van der Waals surface area (Å²) in [6.45, 7) is 1.14. The zero-order valence-corrected chi connectivity index (χ0v) is 17.7. The van der Waals surface area contributed by atoms with E-state index >= 15 is 0 Å². The summed E-state index contributed by atoms with van der Waals surface area (Å²) in [5, 5.41) is -0.342. The number of carbonyl (C=O) groups excluding carboxylic acids is 2. The molecule has 2 aromatic carbocycles. The molecule has 0 saturated heterocycles. The van der Waals surface area contributed by atoms with Crippen molar-refractivity contribution in [3.05, 3.63) is 76.1 Å². The predicted molar refractivity (Wildman–Crippen MR) is 108 cm³/mol. The van der Waals surface area contributed by atoms with E-state index in [0.29, 0.717) is 0 Å². The molecule has 0 aliphatic carbocycles. The first-order chi connectivity index (χ1) is 16.2. The fourth-order valence-corrected chi connectivity index (χ4v) is 3.37. The molecular weight excluding hydrogens is 489 g/mol. The molecule has 0 bridgehead atoms. The number of rotatable bonds is 7. The summed E-state index contributed by atoms with van der Waals surface area (Å²) in [5.41, 5.74) is -2.02. The second-order valence-corrected chi connectivity index (χ2v) is 7.53. The molecule has 35 heavy (non-hydrogen) atoms. The molecule has 0 unspecified atom stereocenters. The van der Waals surface area contributed by atoms with Gasteiger partial charge in [0.05, 0.1) is 10.9 Å². The minimum Gasteiger partial charge on any atom is -0.422 e. The average molecular weight is 504 g/mol. The predicted octanol–water partition coefficient (Wildman–Crippen LogP) is 5.64. The molecule has 5 nitrogen and oxygen atoms in total. The molecule has 0 N–H and O–H groups in total. The Morgan fingerprint density at radius 3 is 2.06 bits per heavy atom. The van der Waals surface area contributed by atoms with Gasteiger partial charge in [0.2, 0.25) is 0 Å². The maximum absolute atomic E-state index is 14.0. The van der Waals surface area contributed by atoms with E-state index in [0.717, 1.165) is 19.1 Å². The zero-order chi connectivity index (χ0) is 26.2. The Morgan fingerprint density at radius 1 is 0.914 bits per heavy atom. The van der Waals surface area contributed by atoms with Gasteiger partial charge < -0.3 is 9.15 Å². The standard InChI is InChI=1S/C23H15F7O5/c1-12(31)11-15(13-7-3-2-4-8-13)17-18(14-9-5-6-10-16(14)34-19(17)32)35-20(33)21(24,25)22(26,27)23(28,29)30/h2-10,15H,11H2,1H3/t15-/m0/s1. The van der Waals surface area contributed by atoms with Gasteiger partial charge in [0.15, 0.2) is 5.75 Å². The Morgan fingerprint density at radius 2 is 1.49 bits per heavy atom. The van der Waals surface area contributed by atoms with Crippen LogP contribution in [-0.4, -0.2) is 29.8 Å². The van der Waals surface area contributed by atoms with Crippen molar-refractivity contribution in [2.75, 3.05) is 0 Å². The van der Waals surface area contributed by atoms with Crippen LogP contribution in [0.3, 0.4) is 0 Å². The lowest BCUT2D eigenvalue weighted by molar-refractivity contribution is -0.346. The Hall–Kier alpha value is -3.70. The van der Waals surface area contributed by atoms with Crippen LogP contribution in [-0.2, 0) is 9.59 Å². The van der Waals surface area contributed by atoms with Crippen molar-refractivity contribution in [3.63, 3.8) is 0 Å². The molecule has 0 aliphatic heterocycles. The van der Waals surface area contributed by atoms with E-state index in [1.54, 1.807) is 6.07 Å². The molecule has 0 radical (unpaired) electrons. The van der Waals surface area contributed by atoms with E-state index in [2.05, 4.69) is 4.74 Å². The summed E-state index contributed by atoms with van der Waals surface area (Å²) < 4.78 is 102. The molecule has 1 aromatic heterocycles. The van der Waals surface area contributed by atoms with E-state index in [1.165, 1.54) is 36.4 Å². The summed E-state index contributed by atoms with van der Waals surface area (Å²) in [7, 11) is 0. The second-order valence-electron chi connectivity index (χ2n) is 7.53. The number of hydrogen-bond donors (Lipinski definition) is 0. The smallest absolute Gasteiger partial charge is 0.422 e. The van der Waals surface area contributed by atoms with Crippen molar-refractivity contribution in [2.45, 2.75) is 37.3 Å². The Labute approximate surface area is 192 Å². The Bertz CT molecular complexity index is 1310. The van der Waals surface area contributed by atoms with Gasteiger partial charge in [0.25, 0.3) is 0 Å². The van der Waals surface area contributed by atoms with Crippen molar-refractivity contribution < 1.29 is 49.5 Å². The Kier molecular flexibility index (Phi) is 6.78. The number of benzene rings is 2. The monoisotopic (exact) mass is 504 g/mol. The van der Waals surface area contributed by atoms with E-state index in [1.807, 2.05) is 0 Å². The first-order valence-corrected chi connectivity index (χ1v) is 9.83. The van der Waals surface area contributed by atoms with Crippen LogP contribution in [0.1, 0.15) is 30.4 Å². The molecule has 3 rings (SSSR count). The second kappa shape index (κ2) is 9.16. The van der Waals surface area contributed by atoms with E-state index in [4.69, 9.17) is 4.42 Å². The van der Waals surface area contributed by atoms with Crippen LogP contribution in [0.2, 0.25) is 0 Å². The van der Waals surface area contributed by atoms with Crippen LogP contribution in [0, 0.1) is 0 Å². The van der Waals surface area contributed by atoms with Crippen molar-refractivity contribution >= 4 is 22.7 Å². The van der Waals surface area contributed by atoms with E-state index in [-0.39, 0.29) is 16.5 Å². The highest BCUT2D eigenvalue weighted by atomic mass is 19.4. The molecular formula is C23H15F7O5. The van der Waals surface area contributed by atoms with Gasteiger partial charge in [-0.05, 0) is 24.6 Å². The first kappa shape index (κ1) is 25.9. The van der Waals surface area contributed by atoms with E-state index in [9.17, 15) is 45.1 Å². The van der Waals surface area contributed by atoms with Crippen molar-refractivity contribution in [3.8, 4) is 5.75 Å². The van der Waals surface area contributed by atoms with Crippen LogP contribution >= 0.6 is 0 Å². The molecule has 0 saturated carbocycles. The topological polar surface area (TPSA) is 73.6 Å². The molecule has 3 aromatic rings. The number of alkyl halides is 7. The van der Waals surface area contributed by atoms with Gasteiger partial charge in [0, 0.05) is 12.3 Å². The lowest BCUT2D eigenvalue weighted by Crippen LogP contribution is -2.57. The van der Waals surface area contributed by atoms with Crippen molar-refractivity contribution in [1.29, 1.82) is 0 Å². The molecule has 1 heterocycles. The normalized spacial score (nSPS) is 13.5. The minimum absolute atomic E-state index is 0.259. The molecule has 0 spiro atoms. The van der Waals surface area contributed by atoms with Crippen LogP contribution in [0.15, 0.2) is 63.8 Å². The van der Waals surface area contributed by atoms with Crippen LogP contribution < -0.4 is 10.4 Å². The third kappa shape index (κ3) is 4.77. The lowest BCUT2D eigenvalue weighted by Gasteiger charge is -2.27. The SMILES string of the molecule is CC(=O)C[C@@H](c1ccccc1)c1c(OC(=O)C(F)(F)C(F)(F)C(F)(F)F)c2ccccc2oc1=O. The van der Waals surface area contributed by atoms with Gasteiger partial charge in [-0.15, -0.1) is 0 Å². The fraction of sp³-hybridized carbons (Fsp3) is 0.261. The number of ether oxygens (including phenoxy) is 1. The molecule has 0 amide bonds. The number of Topliss-reactive ketones (excluding diaryl/α,β-unsaturated/α-hetero) is 1. The van der Waals surface area contributed by atoms with Crippen molar-refractivity contribution in [2.24, 2.45) is 0 Å². The fourth-order valence-electron chi connectivity index (χ4n) is 3.37. The van der Waals surface area contributed by atoms with Crippen LogP contribution in [0.4, 0.5) is 30.7 Å². The van der Waals surface area contributed by atoms with Crippen LogP contribution in [0.5, 0.6) is 5.75 Å². The highest BCUT2D eigenvalue weighted by Crippen LogP contribution is 2.48. The Balaban J connectivity index is 2.27. The summed E-state index contributed by atoms with van der Waals surface area (Å²) in [6.07, 6.45) is -7.22. The number of para-hydroxylation sites is 1. The summed E-state index contributed by atoms with van der Waals surface area (Å²) in [6, 6.07) is 12.4. The van der Waals surface area contributed by atoms with E-state index < -0.39 is 59.1 Å². The number of fused-ring (bicyclic) bond motifs is 1. The van der Waals surface area contributed by atoms with Gasteiger partial charge in [-0.1, -0.05) is 42.5 Å². The quantitative estimate of drug-likeness (QED) is 0.237. The maximum atomic E-state index is 14.0. The zero-order valence-electron chi connectivity index (χ0n) is 17.7. The highest BCUT2D eigenvalue weighted by Gasteiger charge is 2.77. The number of hydrogen-bond acceptors (Lipinski definition) is 5. The summed E-state index contributed by atoms with van der Waals surface area (Å²) in [4.78, 5) is 36.8. The third-order valence-corrected chi connectivity index (χ3v) is 5.04. The molecule has 12 heteroatoms. The van der Waals surface area contributed by atoms with Gasteiger partial charge in [-0.25, -0.2) is 9.59 Å². The third-order valence-electron chi connectivity index (χ3n) is 5.04. The van der Waals surface area contributed by atoms with Gasteiger partial charge in [-0.2, -0.15) is 30.7 Å². The maximum Gasteiger partial charge on any atom is 0.460 e. The first-order valence-electron chi connectivity index (χ1n) is 9.83. The molecule has 0 aliphatic rings. The minimum atomic E-state index is -6.78. The number of halogens is 7. The molecule has 1 atom stereocenters. The number of esters is 1. The number of carbonyl (C=O) groups is 2. The summed E-state index contributed by atoms with van der Waals surface area (Å²) in [5.74, 6) is -19.2. The van der Waals surface area contributed by atoms with Crippen molar-refractivity contribution in [1.82, 2.24) is 0 Å². The molecule has 0 fully saturated rings.